The van der Waals surface area contributed by atoms with Crippen LogP contribution in [-0.2, 0) is 9.47 Å². The van der Waals surface area contributed by atoms with Crippen LogP contribution in [0.3, 0.4) is 0 Å². The smallest absolute Gasteiger partial charge is 0.0909 e. The molecule has 0 heterocycles. The lowest BCUT2D eigenvalue weighted by atomic mass is 9.89. The van der Waals surface area contributed by atoms with Crippen LogP contribution < -0.4 is 0 Å². The molecule has 0 aromatic rings. The summed E-state index contributed by atoms with van der Waals surface area (Å²) in [5.41, 5.74) is -0.550. The highest BCUT2D eigenvalue weighted by Gasteiger charge is 2.38. The molecule has 0 bridgehead atoms. The molecule has 0 aliphatic rings. The van der Waals surface area contributed by atoms with Gasteiger partial charge in [-0.2, -0.15) is 0 Å². The van der Waals surface area contributed by atoms with Gasteiger partial charge in [0.2, 0.25) is 0 Å². The van der Waals surface area contributed by atoms with Gasteiger partial charge in [0.05, 0.1) is 24.4 Å². The highest BCUT2D eigenvalue weighted by Crippen LogP contribution is 2.29. The van der Waals surface area contributed by atoms with E-state index in [0.29, 0.717) is 13.2 Å². The van der Waals surface area contributed by atoms with E-state index in [0.717, 1.165) is 10.7 Å². The summed E-state index contributed by atoms with van der Waals surface area (Å²) in [7, 11) is 0. The fourth-order valence-corrected chi connectivity index (χ4v) is 1.26. The zero-order valence-corrected chi connectivity index (χ0v) is 12.6. The summed E-state index contributed by atoms with van der Waals surface area (Å²) in [6.07, 6.45) is 0. The largest absolute Gasteiger partial charge is 0.372 e. The van der Waals surface area contributed by atoms with Crippen molar-refractivity contribution >= 4 is 31.9 Å². The third-order valence-electron chi connectivity index (χ3n) is 2.53. The molecular formula is C10H20Br2O2. The summed E-state index contributed by atoms with van der Waals surface area (Å²) in [4.78, 5) is 0. The summed E-state index contributed by atoms with van der Waals surface area (Å²) in [5, 5.41) is 1.70. The van der Waals surface area contributed by atoms with E-state index in [2.05, 4.69) is 59.6 Å². The van der Waals surface area contributed by atoms with Gasteiger partial charge in [-0.05, 0) is 27.7 Å². The SMILES string of the molecule is CC(C)(OCCBr)C(C)(C)OCCBr. The quantitative estimate of drug-likeness (QED) is 0.666. The topological polar surface area (TPSA) is 18.5 Å². The molecule has 0 fully saturated rings. The molecule has 0 radical (unpaired) electrons. The van der Waals surface area contributed by atoms with Crippen molar-refractivity contribution in [2.24, 2.45) is 0 Å². The van der Waals surface area contributed by atoms with Gasteiger partial charge in [0.15, 0.2) is 0 Å². The minimum Gasteiger partial charge on any atom is -0.372 e. The van der Waals surface area contributed by atoms with Crippen molar-refractivity contribution in [3.63, 3.8) is 0 Å². The van der Waals surface area contributed by atoms with E-state index in [1.54, 1.807) is 0 Å². The van der Waals surface area contributed by atoms with Crippen LogP contribution in [0.5, 0.6) is 0 Å². The molecule has 14 heavy (non-hydrogen) atoms. The zero-order valence-electron chi connectivity index (χ0n) is 9.40. The van der Waals surface area contributed by atoms with Gasteiger partial charge in [-0.25, -0.2) is 0 Å². The summed E-state index contributed by atoms with van der Waals surface area (Å²) >= 11 is 6.70. The molecular weight excluding hydrogens is 312 g/mol. The molecule has 0 aliphatic heterocycles. The van der Waals surface area contributed by atoms with Crippen molar-refractivity contribution in [3.05, 3.63) is 0 Å². The fraction of sp³-hybridized carbons (Fsp3) is 1.00. The lowest BCUT2D eigenvalue weighted by molar-refractivity contribution is -0.170. The van der Waals surface area contributed by atoms with Crippen molar-refractivity contribution < 1.29 is 9.47 Å². The van der Waals surface area contributed by atoms with Crippen LogP contribution in [0.1, 0.15) is 27.7 Å². The van der Waals surface area contributed by atoms with Crippen LogP contribution in [0.4, 0.5) is 0 Å². The minimum atomic E-state index is -0.275. The van der Waals surface area contributed by atoms with Gasteiger partial charge in [0, 0.05) is 10.7 Å². The zero-order chi connectivity index (χ0) is 11.2. The van der Waals surface area contributed by atoms with Crippen molar-refractivity contribution in [3.8, 4) is 0 Å². The van der Waals surface area contributed by atoms with Gasteiger partial charge in [-0.1, -0.05) is 31.9 Å². The average Bonchev–Trinajstić information content (AvgIpc) is 2.11. The van der Waals surface area contributed by atoms with E-state index in [1.165, 1.54) is 0 Å². The van der Waals surface area contributed by atoms with Crippen molar-refractivity contribution in [1.29, 1.82) is 0 Å². The highest BCUT2D eigenvalue weighted by atomic mass is 79.9. The Hall–Kier alpha value is 0.880. The number of hydrogen-bond donors (Lipinski definition) is 0. The van der Waals surface area contributed by atoms with Gasteiger partial charge in [0.1, 0.15) is 0 Å². The Bertz CT molecular complexity index is 140. The Morgan fingerprint density at radius 3 is 1.29 bits per heavy atom. The molecule has 0 saturated heterocycles. The Kier molecular flexibility index (Phi) is 6.87. The average molecular weight is 332 g/mol. The predicted molar refractivity (Wildman–Crippen MR) is 67.7 cm³/mol. The number of alkyl halides is 2. The Labute approximate surface area is 104 Å². The maximum Gasteiger partial charge on any atom is 0.0909 e. The van der Waals surface area contributed by atoms with Crippen LogP contribution in [0.15, 0.2) is 0 Å². The molecule has 0 saturated carbocycles. The van der Waals surface area contributed by atoms with E-state index in [4.69, 9.17) is 9.47 Å². The number of halogens is 2. The van der Waals surface area contributed by atoms with Crippen molar-refractivity contribution in [2.45, 2.75) is 38.9 Å². The highest BCUT2D eigenvalue weighted by molar-refractivity contribution is 9.09. The van der Waals surface area contributed by atoms with E-state index in [1.807, 2.05) is 0 Å². The first-order valence-corrected chi connectivity index (χ1v) is 7.01. The van der Waals surface area contributed by atoms with Gasteiger partial charge in [0.25, 0.3) is 0 Å². The molecule has 4 heteroatoms. The molecule has 0 aromatic heterocycles. The summed E-state index contributed by atoms with van der Waals surface area (Å²) in [6, 6.07) is 0. The first-order valence-electron chi connectivity index (χ1n) is 4.77. The first kappa shape index (κ1) is 14.9. The lowest BCUT2D eigenvalue weighted by Crippen LogP contribution is -2.50. The number of ether oxygens (including phenoxy) is 2. The Morgan fingerprint density at radius 1 is 0.786 bits per heavy atom. The number of rotatable bonds is 7. The second-order valence-corrected chi connectivity index (χ2v) is 5.68. The van der Waals surface area contributed by atoms with E-state index in [-0.39, 0.29) is 11.2 Å². The van der Waals surface area contributed by atoms with E-state index >= 15 is 0 Å². The fourth-order valence-electron chi connectivity index (χ4n) is 0.935. The van der Waals surface area contributed by atoms with Crippen LogP contribution in [0.25, 0.3) is 0 Å². The molecule has 0 atom stereocenters. The van der Waals surface area contributed by atoms with Gasteiger partial charge in [-0.15, -0.1) is 0 Å². The van der Waals surface area contributed by atoms with Crippen molar-refractivity contribution in [1.82, 2.24) is 0 Å². The molecule has 0 unspecified atom stereocenters. The maximum absolute atomic E-state index is 5.75. The summed E-state index contributed by atoms with van der Waals surface area (Å²) < 4.78 is 11.5. The summed E-state index contributed by atoms with van der Waals surface area (Å²) in [5.74, 6) is 0. The monoisotopic (exact) mass is 330 g/mol. The van der Waals surface area contributed by atoms with Crippen LogP contribution in [0, 0.1) is 0 Å². The molecule has 0 aromatic carbocycles. The standard InChI is InChI=1S/C10H20Br2O2/c1-9(2,13-7-5-11)10(3,4)14-8-6-12/h5-8H2,1-4H3. The molecule has 2 nitrogen and oxygen atoms in total. The van der Waals surface area contributed by atoms with Crippen LogP contribution in [0.2, 0.25) is 0 Å². The van der Waals surface area contributed by atoms with E-state index in [9.17, 15) is 0 Å². The summed E-state index contributed by atoms with van der Waals surface area (Å²) in [6.45, 7) is 9.64. The second-order valence-electron chi connectivity index (χ2n) is 4.10. The minimum absolute atomic E-state index is 0.275. The van der Waals surface area contributed by atoms with Gasteiger partial charge < -0.3 is 9.47 Å². The molecule has 0 spiro atoms. The predicted octanol–water partition coefficient (Wildman–Crippen LogP) is 3.37. The molecule has 0 amide bonds. The van der Waals surface area contributed by atoms with Gasteiger partial charge in [-0.3, -0.25) is 0 Å². The lowest BCUT2D eigenvalue weighted by Gasteiger charge is -2.41. The van der Waals surface area contributed by atoms with Crippen LogP contribution >= 0.6 is 31.9 Å². The third kappa shape index (κ3) is 4.60. The molecule has 0 rings (SSSR count). The first-order chi connectivity index (χ1) is 6.37. The Morgan fingerprint density at radius 2 is 1.07 bits per heavy atom. The molecule has 86 valence electrons. The third-order valence-corrected chi connectivity index (χ3v) is 3.18. The van der Waals surface area contributed by atoms with Gasteiger partial charge >= 0.3 is 0 Å². The second kappa shape index (κ2) is 6.46. The normalized spacial score (nSPS) is 13.3. The van der Waals surface area contributed by atoms with E-state index < -0.39 is 0 Å². The van der Waals surface area contributed by atoms with Crippen LogP contribution in [-0.4, -0.2) is 35.1 Å². The molecule has 0 N–H and O–H groups in total. The molecule has 0 aliphatic carbocycles. The Balaban J connectivity index is 4.20. The van der Waals surface area contributed by atoms with Crippen molar-refractivity contribution in [2.75, 3.05) is 23.9 Å². The number of hydrogen-bond acceptors (Lipinski definition) is 2. The maximum atomic E-state index is 5.75.